The van der Waals surface area contributed by atoms with Crippen LogP contribution >= 0.6 is 23.1 Å². The van der Waals surface area contributed by atoms with Gasteiger partial charge in [-0.25, -0.2) is 4.98 Å². The summed E-state index contributed by atoms with van der Waals surface area (Å²) in [5.41, 5.74) is 0.846. The van der Waals surface area contributed by atoms with Crippen molar-refractivity contribution in [1.82, 2.24) is 14.9 Å². The van der Waals surface area contributed by atoms with Crippen LogP contribution in [0.15, 0.2) is 34.2 Å². The number of thiophene rings is 1. The summed E-state index contributed by atoms with van der Waals surface area (Å²) in [7, 11) is 0. The summed E-state index contributed by atoms with van der Waals surface area (Å²) in [6.07, 6.45) is 10.1. The van der Waals surface area contributed by atoms with Crippen molar-refractivity contribution in [3.8, 4) is 0 Å². The van der Waals surface area contributed by atoms with E-state index in [0.29, 0.717) is 17.0 Å². The molecular formula is C23H27N3O2S2. The van der Waals surface area contributed by atoms with E-state index in [1.807, 2.05) is 28.8 Å². The number of amides is 1. The molecule has 0 spiro atoms. The number of aromatic nitrogens is 2. The fraction of sp³-hybridized carbons (Fsp3) is 0.522. The molecule has 2 aromatic heterocycles. The van der Waals surface area contributed by atoms with Gasteiger partial charge in [-0.3, -0.25) is 14.2 Å². The van der Waals surface area contributed by atoms with Gasteiger partial charge in [0.05, 0.1) is 11.3 Å². The Kier molecular flexibility index (Phi) is 5.83. The predicted molar refractivity (Wildman–Crippen MR) is 125 cm³/mol. The summed E-state index contributed by atoms with van der Waals surface area (Å²) in [4.78, 5) is 31.0. The standard InChI is InChI=1S/C23H27N3O2S2/c27-19(24-15-8-4-5-9-15)14-29-23-25-20-17-12-6-7-13-18(17)30-21(20)22(28)26(23)16-10-2-1-3-11-16/h6-7,12-13,15-16H,1-5,8-11,14H2,(H,24,27). The molecule has 5 rings (SSSR count). The fourth-order valence-electron chi connectivity index (χ4n) is 4.87. The van der Waals surface area contributed by atoms with E-state index in [-0.39, 0.29) is 17.5 Å². The number of benzene rings is 1. The smallest absolute Gasteiger partial charge is 0.272 e. The SMILES string of the molecule is O=C(CSc1nc2c(sc3ccccc32)c(=O)n1C1CCCCC1)NC1CCCC1. The van der Waals surface area contributed by atoms with Gasteiger partial charge in [0.25, 0.3) is 5.56 Å². The third-order valence-electron chi connectivity index (χ3n) is 6.39. The zero-order valence-electron chi connectivity index (χ0n) is 17.1. The first-order chi connectivity index (χ1) is 14.7. The van der Waals surface area contributed by atoms with Crippen LogP contribution in [0.25, 0.3) is 20.3 Å². The molecule has 3 aromatic rings. The fourth-order valence-corrected chi connectivity index (χ4v) is 6.82. The van der Waals surface area contributed by atoms with Crippen molar-refractivity contribution in [3.05, 3.63) is 34.6 Å². The molecule has 0 saturated heterocycles. The molecule has 30 heavy (non-hydrogen) atoms. The predicted octanol–water partition coefficient (Wildman–Crippen LogP) is 5.27. The monoisotopic (exact) mass is 441 g/mol. The number of hydrogen-bond donors (Lipinski definition) is 1. The number of hydrogen-bond acceptors (Lipinski definition) is 5. The van der Waals surface area contributed by atoms with Gasteiger partial charge in [0.1, 0.15) is 4.70 Å². The number of nitrogens with one attached hydrogen (secondary N) is 1. The summed E-state index contributed by atoms with van der Waals surface area (Å²) in [5.74, 6) is 0.357. The normalized spacial score (nSPS) is 18.4. The van der Waals surface area contributed by atoms with Crippen molar-refractivity contribution in [1.29, 1.82) is 0 Å². The van der Waals surface area contributed by atoms with E-state index in [1.165, 1.54) is 42.4 Å². The zero-order chi connectivity index (χ0) is 20.5. The Morgan fingerprint density at radius 2 is 1.83 bits per heavy atom. The first-order valence-corrected chi connectivity index (χ1v) is 12.9. The molecule has 1 N–H and O–H groups in total. The average molecular weight is 442 g/mol. The second-order valence-corrected chi connectivity index (χ2v) is 10.5. The maximum Gasteiger partial charge on any atom is 0.272 e. The van der Waals surface area contributed by atoms with Crippen molar-refractivity contribution in [2.45, 2.75) is 75.0 Å². The number of fused-ring (bicyclic) bond motifs is 3. The molecule has 2 saturated carbocycles. The Morgan fingerprint density at radius 3 is 2.63 bits per heavy atom. The van der Waals surface area contributed by atoms with E-state index in [4.69, 9.17) is 4.98 Å². The van der Waals surface area contributed by atoms with Gasteiger partial charge in [-0.2, -0.15) is 0 Å². The molecule has 0 atom stereocenters. The third-order valence-corrected chi connectivity index (χ3v) is 8.49. The minimum Gasteiger partial charge on any atom is -0.353 e. The molecule has 2 aliphatic carbocycles. The molecule has 0 aliphatic heterocycles. The van der Waals surface area contributed by atoms with Crippen molar-refractivity contribution in [2.75, 3.05) is 5.75 Å². The van der Waals surface area contributed by atoms with Crippen LogP contribution in [0.1, 0.15) is 63.8 Å². The van der Waals surface area contributed by atoms with Gasteiger partial charge in [0, 0.05) is 22.2 Å². The van der Waals surface area contributed by atoms with Crippen LogP contribution in [0.3, 0.4) is 0 Å². The van der Waals surface area contributed by atoms with Gasteiger partial charge >= 0.3 is 0 Å². The summed E-state index contributed by atoms with van der Waals surface area (Å²) < 4.78 is 3.74. The molecule has 5 nitrogen and oxygen atoms in total. The van der Waals surface area contributed by atoms with E-state index in [2.05, 4.69) is 5.32 Å². The van der Waals surface area contributed by atoms with Gasteiger partial charge in [-0.15, -0.1) is 11.3 Å². The van der Waals surface area contributed by atoms with Crippen LogP contribution in [-0.2, 0) is 4.79 Å². The lowest BCUT2D eigenvalue weighted by atomic mass is 9.95. The highest BCUT2D eigenvalue weighted by Gasteiger charge is 2.24. The van der Waals surface area contributed by atoms with Gasteiger partial charge in [-0.05, 0) is 31.7 Å². The summed E-state index contributed by atoms with van der Waals surface area (Å²) in [6.45, 7) is 0. The maximum atomic E-state index is 13.6. The van der Waals surface area contributed by atoms with Gasteiger partial charge in [0.15, 0.2) is 5.16 Å². The first-order valence-electron chi connectivity index (χ1n) is 11.1. The van der Waals surface area contributed by atoms with E-state index in [0.717, 1.165) is 58.8 Å². The topological polar surface area (TPSA) is 64.0 Å². The van der Waals surface area contributed by atoms with E-state index < -0.39 is 0 Å². The van der Waals surface area contributed by atoms with Crippen LogP contribution in [-0.4, -0.2) is 27.3 Å². The Morgan fingerprint density at radius 1 is 1.10 bits per heavy atom. The van der Waals surface area contributed by atoms with E-state index in [1.54, 1.807) is 0 Å². The lowest BCUT2D eigenvalue weighted by Gasteiger charge is -2.25. The minimum atomic E-state index is 0.0478. The van der Waals surface area contributed by atoms with Crippen molar-refractivity contribution < 1.29 is 4.79 Å². The van der Waals surface area contributed by atoms with Crippen molar-refractivity contribution >= 4 is 49.3 Å². The number of carbonyl (C=O) groups is 1. The molecule has 0 bridgehead atoms. The van der Waals surface area contributed by atoms with Crippen LogP contribution in [0.2, 0.25) is 0 Å². The van der Waals surface area contributed by atoms with Gasteiger partial charge in [-0.1, -0.05) is 62.1 Å². The minimum absolute atomic E-state index is 0.0478. The molecule has 2 aliphatic rings. The Labute approximate surface area is 184 Å². The number of rotatable bonds is 5. The van der Waals surface area contributed by atoms with Crippen molar-refractivity contribution in [2.24, 2.45) is 0 Å². The number of carbonyl (C=O) groups excluding carboxylic acids is 1. The average Bonchev–Trinajstić information content (AvgIpc) is 3.41. The highest BCUT2D eigenvalue weighted by atomic mass is 32.2. The summed E-state index contributed by atoms with van der Waals surface area (Å²) in [5, 5.41) is 4.88. The molecule has 7 heteroatoms. The maximum absolute atomic E-state index is 13.6. The number of thioether (sulfide) groups is 1. The second kappa shape index (κ2) is 8.71. The van der Waals surface area contributed by atoms with Crippen LogP contribution in [0.4, 0.5) is 0 Å². The largest absolute Gasteiger partial charge is 0.353 e. The number of nitrogens with zero attached hydrogens (tertiary/aromatic N) is 2. The van der Waals surface area contributed by atoms with Crippen molar-refractivity contribution in [3.63, 3.8) is 0 Å². The van der Waals surface area contributed by atoms with E-state index >= 15 is 0 Å². The molecular weight excluding hydrogens is 414 g/mol. The zero-order valence-corrected chi connectivity index (χ0v) is 18.7. The third kappa shape index (κ3) is 3.89. The van der Waals surface area contributed by atoms with Gasteiger partial charge < -0.3 is 5.32 Å². The van der Waals surface area contributed by atoms with E-state index in [9.17, 15) is 9.59 Å². The summed E-state index contributed by atoms with van der Waals surface area (Å²) in [6, 6.07) is 8.58. The highest BCUT2D eigenvalue weighted by molar-refractivity contribution is 7.99. The highest BCUT2D eigenvalue weighted by Crippen LogP contribution is 2.35. The van der Waals surface area contributed by atoms with Gasteiger partial charge in [0.2, 0.25) is 5.91 Å². The molecule has 1 aromatic carbocycles. The van der Waals surface area contributed by atoms with Crippen LogP contribution in [0.5, 0.6) is 0 Å². The Balaban J connectivity index is 1.51. The first kappa shape index (κ1) is 20.1. The molecule has 158 valence electrons. The molecule has 1 amide bonds. The summed E-state index contributed by atoms with van der Waals surface area (Å²) >= 11 is 2.95. The molecule has 2 heterocycles. The molecule has 0 unspecified atom stereocenters. The van der Waals surface area contributed by atoms with Crippen LogP contribution < -0.4 is 10.9 Å². The van der Waals surface area contributed by atoms with Crippen LogP contribution in [0, 0.1) is 0 Å². The quantitative estimate of drug-likeness (QED) is 0.433. The molecule has 0 radical (unpaired) electrons. The lowest BCUT2D eigenvalue weighted by molar-refractivity contribution is -0.119. The second-order valence-electron chi connectivity index (χ2n) is 8.47. The molecule has 2 fully saturated rings. The Bertz CT molecular complexity index is 1120. The Hall–Kier alpha value is -1.86. The lowest BCUT2D eigenvalue weighted by Crippen LogP contribution is -2.34.